The fraction of sp³-hybridized carbons (Fsp3) is 0.207. The molecule has 0 radical (unpaired) electrons. The number of fused-ring (bicyclic) bond motifs is 2. The Kier molecular flexibility index (Phi) is 6.87. The van der Waals surface area contributed by atoms with E-state index in [1.54, 1.807) is 18.2 Å². The Morgan fingerprint density at radius 2 is 1.67 bits per heavy atom. The molecular weight excluding hydrogens is 470 g/mol. The van der Waals surface area contributed by atoms with E-state index >= 15 is 0 Å². The summed E-state index contributed by atoms with van der Waals surface area (Å²) in [6.45, 7) is 0.487. The van der Waals surface area contributed by atoms with Crippen LogP contribution in [0.1, 0.15) is 47.2 Å². The maximum Gasteiger partial charge on any atom is 0.241 e. The van der Waals surface area contributed by atoms with Crippen molar-refractivity contribution in [2.75, 3.05) is 0 Å². The number of aryl methyl sites for hydroxylation is 1. The van der Waals surface area contributed by atoms with Crippen LogP contribution in [0.15, 0.2) is 95.9 Å². The summed E-state index contributed by atoms with van der Waals surface area (Å²) < 4.78 is 29.5. The third kappa shape index (κ3) is 5.18. The number of benzene rings is 4. The van der Waals surface area contributed by atoms with E-state index in [1.165, 1.54) is 5.56 Å². The minimum absolute atomic E-state index is 0.0104. The minimum Gasteiger partial charge on any atom is -0.349 e. The molecule has 1 aliphatic rings. The second-order valence-corrected chi connectivity index (χ2v) is 10.9. The van der Waals surface area contributed by atoms with Crippen LogP contribution < -0.4 is 15.8 Å². The molecule has 4 N–H and O–H groups in total. The molecule has 0 aromatic heterocycles. The molecule has 2 atom stereocenters. The zero-order chi connectivity index (χ0) is 25.1. The van der Waals surface area contributed by atoms with Crippen LogP contribution in [0.25, 0.3) is 10.8 Å². The van der Waals surface area contributed by atoms with E-state index in [9.17, 15) is 13.2 Å². The number of carbonyl (C=O) groups excluding carboxylic acids is 1. The number of carbonyl (C=O) groups is 1. The average molecular weight is 500 g/mol. The van der Waals surface area contributed by atoms with Crippen molar-refractivity contribution >= 4 is 26.7 Å². The molecular formula is C29H29N3O3S. The van der Waals surface area contributed by atoms with Gasteiger partial charge in [0.2, 0.25) is 15.9 Å². The van der Waals surface area contributed by atoms with Crippen LogP contribution in [0.4, 0.5) is 0 Å². The van der Waals surface area contributed by atoms with Crippen molar-refractivity contribution < 1.29 is 13.2 Å². The highest BCUT2D eigenvalue weighted by Gasteiger charge is 2.28. The average Bonchev–Trinajstić information content (AvgIpc) is 3.30. The topological polar surface area (TPSA) is 101 Å². The molecule has 7 heteroatoms. The Hall–Kier alpha value is -3.52. The molecule has 4 aromatic carbocycles. The van der Waals surface area contributed by atoms with E-state index in [0.29, 0.717) is 6.54 Å². The molecule has 6 nitrogen and oxygen atoms in total. The molecule has 184 valence electrons. The van der Waals surface area contributed by atoms with Gasteiger partial charge in [-0.25, -0.2) is 13.1 Å². The highest BCUT2D eigenvalue weighted by molar-refractivity contribution is 7.89. The summed E-state index contributed by atoms with van der Waals surface area (Å²) in [4.78, 5) is 13.3. The van der Waals surface area contributed by atoms with Crippen molar-refractivity contribution in [1.82, 2.24) is 10.0 Å². The third-order valence-electron chi connectivity index (χ3n) is 6.78. The monoisotopic (exact) mass is 499 g/mol. The van der Waals surface area contributed by atoms with Gasteiger partial charge in [-0.2, -0.15) is 0 Å². The van der Waals surface area contributed by atoms with Gasteiger partial charge in [-0.3, -0.25) is 4.79 Å². The van der Waals surface area contributed by atoms with Crippen LogP contribution in [0, 0.1) is 0 Å². The zero-order valence-electron chi connectivity index (χ0n) is 19.9. The van der Waals surface area contributed by atoms with Gasteiger partial charge in [0.05, 0.1) is 17.0 Å². The van der Waals surface area contributed by atoms with Gasteiger partial charge in [0.25, 0.3) is 0 Å². The lowest BCUT2D eigenvalue weighted by atomic mass is 10.0. The van der Waals surface area contributed by atoms with Crippen LogP contribution in [0.2, 0.25) is 0 Å². The summed E-state index contributed by atoms with van der Waals surface area (Å²) >= 11 is 0. The van der Waals surface area contributed by atoms with Gasteiger partial charge in [0.15, 0.2) is 0 Å². The lowest BCUT2D eigenvalue weighted by molar-refractivity contribution is -0.122. The summed E-state index contributed by atoms with van der Waals surface area (Å²) in [5.74, 6) is -0.203. The number of amides is 1. The Bertz CT molecular complexity index is 1500. The Labute approximate surface area is 211 Å². The van der Waals surface area contributed by atoms with Crippen LogP contribution >= 0.6 is 0 Å². The summed E-state index contributed by atoms with van der Waals surface area (Å²) in [6.07, 6.45) is 1.68. The zero-order valence-corrected chi connectivity index (χ0v) is 20.7. The first-order chi connectivity index (χ1) is 17.4. The van der Waals surface area contributed by atoms with Gasteiger partial charge in [0, 0.05) is 13.0 Å². The van der Waals surface area contributed by atoms with Crippen LogP contribution in [-0.4, -0.2) is 14.3 Å². The molecule has 0 bridgehead atoms. The van der Waals surface area contributed by atoms with Gasteiger partial charge in [0.1, 0.15) is 0 Å². The minimum atomic E-state index is -3.87. The van der Waals surface area contributed by atoms with Crippen LogP contribution in [0.3, 0.4) is 0 Å². The second-order valence-electron chi connectivity index (χ2n) is 9.19. The SMILES string of the molecule is NCc1ccc2c(c1)CCC2NC(=O)CC(NS(=O)(=O)c1ccc2ccccc2c1)c1ccccc1. The first kappa shape index (κ1) is 24.2. The van der Waals surface area contributed by atoms with E-state index in [2.05, 4.69) is 16.1 Å². The first-order valence-corrected chi connectivity index (χ1v) is 13.6. The molecule has 0 heterocycles. The van der Waals surface area contributed by atoms with Crippen LogP contribution in [0.5, 0.6) is 0 Å². The highest BCUT2D eigenvalue weighted by Crippen LogP contribution is 2.32. The molecule has 2 unspecified atom stereocenters. The Morgan fingerprint density at radius 3 is 2.44 bits per heavy atom. The number of hydrogen-bond donors (Lipinski definition) is 3. The van der Waals surface area contributed by atoms with Gasteiger partial charge < -0.3 is 11.1 Å². The summed E-state index contributed by atoms with van der Waals surface area (Å²) in [5.41, 5.74) is 9.89. The number of hydrogen-bond acceptors (Lipinski definition) is 4. The van der Waals surface area contributed by atoms with Gasteiger partial charge >= 0.3 is 0 Å². The summed E-state index contributed by atoms with van der Waals surface area (Å²) in [7, 11) is -3.87. The molecule has 0 saturated heterocycles. The second kappa shape index (κ2) is 10.2. The fourth-order valence-electron chi connectivity index (χ4n) is 4.89. The lowest BCUT2D eigenvalue weighted by Crippen LogP contribution is -2.35. The maximum absolute atomic E-state index is 13.4. The van der Waals surface area contributed by atoms with Crippen molar-refractivity contribution in [2.24, 2.45) is 5.73 Å². The molecule has 0 fully saturated rings. The molecule has 36 heavy (non-hydrogen) atoms. The van der Waals surface area contributed by atoms with Crippen molar-refractivity contribution in [3.05, 3.63) is 113 Å². The Morgan fingerprint density at radius 1 is 0.917 bits per heavy atom. The molecule has 0 spiro atoms. The maximum atomic E-state index is 13.4. The normalized spacial score (nSPS) is 16.0. The molecule has 0 aliphatic heterocycles. The largest absolute Gasteiger partial charge is 0.349 e. The third-order valence-corrected chi connectivity index (χ3v) is 8.25. The first-order valence-electron chi connectivity index (χ1n) is 12.1. The summed E-state index contributed by atoms with van der Waals surface area (Å²) in [6, 6.07) is 27.2. The van der Waals surface area contributed by atoms with Gasteiger partial charge in [-0.05, 0) is 58.0 Å². The van der Waals surface area contributed by atoms with Crippen molar-refractivity contribution in [2.45, 2.75) is 42.8 Å². The number of sulfonamides is 1. The van der Waals surface area contributed by atoms with E-state index in [1.807, 2.05) is 66.7 Å². The van der Waals surface area contributed by atoms with Crippen molar-refractivity contribution in [3.8, 4) is 0 Å². The van der Waals surface area contributed by atoms with Gasteiger partial charge in [-0.1, -0.05) is 78.9 Å². The lowest BCUT2D eigenvalue weighted by Gasteiger charge is -2.21. The molecule has 4 aromatic rings. The number of rotatable bonds is 8. The van der Waals surface area contributed by atoms with Crippen LogP contribution in [-0.2, 0) is 27.8 Å². The quantitative estimate of drug-likeness (QED) is 0.332. The number of nitrogens with two attached hydrogens (primary N) is 1. The molecule has 1 amide bonds. The van der Waals surface area contributed by atoms with E-state index < -0.39 is 16.1 Å². The van der Waals surface area contributed by atoms with E-state index in [4.69, 9.17) is 5.73 Å². The van der Waals surface area contributed by atoms with Gasteiger partial charge in [-0.15, -0.1) is 0 Å². The van der Waals surface area contributed by atoms with E-state index in [0.717, 1.165) is 40.3 Å². The smallest absolute Gasteiger partial charge is 0.241 e. The molecule has 1 aliphatic carbocycles. The van der Waals surface area contributed by atoms with E-state index in [-0.39, 0.29) is 23.3 Å². The standard InChI is InChI=1S/C29H29N3O3S/c30-19-20-10-14-26-24(16-20)12-15-27(26)31-29(33)18-28(22-7-2-1-3-8-22)32-36(34,35)25-13-11-21-6-4-5-9-23(21)17-25/h1-11,13-14,16-17,27-28,32H,12,15,18-19,30H2,(H,31,33). The van der Waals surface area contributed by atoms with Crippen molar-refractivity contribution in [1.29, 1.82) is 0 Å². The summed E-state index contributed by atoms with van der Waals surface area (Å²) in [5, 5.41) is 4.92. The predicted octanol–water partition coefficient (Wildman–Crippen LogP) is 4.51. The predicted molar refractivity (Wildman–Crippen MR) is 142 cm³/mol. The van der Waals surface area contributed by atoms with Crippen molar-refractivity contribution in [3.63, 3.8) is 0 Å². The molecule has 0 saturated carbocycles. The fourth-order valence-corrected chi connectivity index (χ4v) is 6.15. The Balaban J connectivity index is 1.36. The number of nitrogens with one attached hydrogen (secondary N) is 2. The highest BCUT2D eigenvalue weighted by atomic mass is 32.2. The molecule has 5 rings (SSSR count).